The van der Waals surface area contributed by atoms with Crippen molar-refractivity contribution < 1.29 is 9.84 Å². The number of nitrogens with two attached hydrogens (primary N) is 1. The number of hydrogen-bond donors (Lipinski definition) is 3. The van der Waals surface area contributed by atoms with Gasteiger partial charge in [-0.15, -0.1) is 0 Å². The highest BCUT2D eigenvalue weighted by Crippen LogP contribution is 2.32. The van der Waals surface area contributed by atoms with Crippen molar-refractivity contribution in [3.05, 3.63) is 77.0 Å². The lowest BCUT2D eigenvalue weighted by atomic mass is 10.1. The number of nitrogens with one attached hydrogen (secondary N) is 1. The Bertz CT molecular complexity index is 1280. The second-order valence-electron chi connectivity index (χ2n) is 11.3. The molecule has 0 aromatic heterocycles. The lowest BCUT2D eigenvalue weighted by Crippen LogP contribution is -2.39. The number of anilines is 3. The summed E-state index contributed by atoms with van der Waals surface area (Å²) in [7, 11) is 0. The highest BCUT2D eigenvalue weighted by atomic mass is 16.5. The number of amidine groups is 1. The zero-order valence-electron chi connectivity index (χ0n) is 26.1. The molecule has 0 amide bonds. The lowest BCUT2D eigenvalue weighted by molar-refractivity contribution is 0.0377. The van der Waals surface area contributed by atoms with Gasteiger partial charge in [-0.05, 0) is 74.2 Å². The van der Waals surface area contributed by atoms with Gasteiger partial charge in [0.05, 0.1) is 37.7 Å². The molecule has 4 N–H and O–H groups in total. The average molecular weight is 588 g/mol. The summed E-state index contributed by atoms with van der Waals surface area (Å²) >= 11 is 0. The highest BCUT2D eigenvalue weighted by Gasteiger charge is 2.21. The van der Waals surface area contributed by atoms with Crippen molar-refractivity contribution in [2.75, 3.05) is 87.3 Å². The van der Waals surface area contributed by atoms with Gasteiger partial charge in [0.25, 0.3) is 0 Å². The molecule has 9 nitrogen and oxygen atoms in total. The molecule has 2 heterocycles. The van der Waals surface area contributed by atoms with E-state index in [1.54, 1.807) is 0 Å². The van der Waals surface area contributed by atoms with Crippen LogP contribution in [0.4, 0.5) is 17.1 Å². The molecule has 232 valence electrons. The van der Waals surface area contributed by atoms with Crippen LogP contribution in [0.2, 0.25) is 0 Å². The van der Waals surface area contributed by atoms with Crippen molar-refractivity contribution in [2.24, 2.45) is 15.7 Å². The van der Waals surface area contributed by atoms with E-state index in [0.29, 0.717) is 13.1 Å². The third kappa shape index (κ3) is 10.3. The quantitative estimate of drug-likeness (QED) is 0.173. The minimum absolute atomic E-state index is 0.0600. The van der Waals surface area contributed by atoms with Crippen LogP contribution in [-0.2, 0) is 11.3 Å². The third-order valence-electron chi connectivity index (χ3n) is 7.58. The first-order chi connectivity index (χ1) is 20.9. The summed E-state index contributed by atoms with van der Waals surface area (Å²) in [5, 5.41) is 12.6. The number of aliphatic hydroxyl groups is 1. The molecule has 1 saturated heterocycles. The number of benzene rings is 2. The standard InChI is InChI=1S/C34H49N7O2/c1-27-21-28(2)23-31(22-27)40(15-10-35)25-30-8-9-32-33(24-30)41(14-5-4-7-29(3)36-12-18-42)26-34(38-32)37-11-6-13-39-16-19-43-20-17-39/h4-5,7-9,12,21-24,42H,6,10-11,13-20,25-26,35H2,1-3H3,(H,37,38)/b5-4-,29-7-,36-12?. The van der Waals surface area contributed by atoms with Gasteiger partial charge in [-0.1, -0.05) is 24.3 Å². The van der Waals surface area contributed by atoms with E-state index in [2.05, 4.69) is 81.3 Å². The fourth-order valence-electron chi connectivity index (χ4n) is 5.52. The minimum atomic E-state index is -0.0600. The number of morpholine rings is 1. The van der Waals surface area contributed by atoms with Gasteiger partial charge in [-0.3, -0.25) is 14.9 Å². The molecule has 0 saturated carbocycles. The Hall–Kier alpha value is -3.50. The number of nitrogens with zero attached hydrogens (tertiary/aromatic N) is 5. The number of allylic oxidation sites excluding steroid dienone is 3. The van der Waals surface area contributed by atoms with Crippen LogP contribution >= 0.6 is 0 Å². The molecule has 0 unspecified atom stereocenters. The van der Waals surface area contributed by atoms with Crippen LogP contribution in [-0.4, -0.2) is 94.2 Å². The average Bonchev–Trinajstić information content (AvgIpc) is 3.00. The maximum Gasteiger partial charge on any atom is 0.120 e. The largest absolute Gasteiger partial charge is 0.391 e. The Kier molecular flexibility index (Phi) is 12.8. The highest BCUT2D eigenvalue weighted by molar-refractivity contribution is 6.04. The maximum absolute atomic E-state index is 8.98. The summed E-state index contributed by atoms with van der Waals surface area (Å²) in [6, 6.07) is 13.4. The van der Waals surface area contributed by atoms with Crippen LogP contribution in [0, 0.1) is 13.8 Å². The van der Waals surface area contributed by atoms with E-state index in [4.69, 9.17) is 20.6 Å². The summed E-state index contributed by atoms with van der Waals surface area (Å²) in [6.45, 7) is 15.3. The van der Waals surface area contributed by atoms with Gasteiger partial charge >= 0.3 is 0 Å². The zero-order valence-corrected chi connectivity index (χ0v) is 26.1. The van der Waals surface area contributed by atoms with Crippen LogP contribution < -0.4 is 20.9 Å². The Balaban J connectivity index is 1.51. The van der Waals surface area contributed by atoms with Crippen molar-refractivity contribution in [3.8, 4) is 0 Å². The van der Waals surface area contributed by atoms with Crippen molar-refractivity contribution in [1.82, 2.24) is 4.90 Å². The fraction of sp³-hybridized carbons (Fsp3) is 0.471. The van der Waals surface area contributed by atoms with Gasteiger partial charge in [0.2, 0.25) is 0 Å². The number of fused-ring (bicyclic) bond motifs is 1. The first-order valence-electron chi connectivity index (χ1n) is 15.4. The zero-order chi connectivity index (χ0) is 30.4. The van der Waals surface area contributed by atoms with Crippen molar-refractivity contribution in [2.45, 2.75) is 33.7 Å². The number of rotatable bonds is 14. The normalized spacial score (nSPS) is 17.2. The van der Waals surface area contributed by atoms with Crippen molar-refractivity contribution >= 4 is 29.1 Å². The van der Waals surface area contributed by atoms with E-state index in [9.17, 15) is 0 Å². The summed E-state index contributed by atoms with van der Waals surface area (Å²) in [4.78, 5) is 16.4. The summed E-state index contributed by atoms with van der Waals surface area (Å²) in [6.07, 6.45) is 8.66. The molecule has 43 heavy (non-hydrogen) atoms. The van der Waals surface area contributed by atoms with E-state index in [0.717, 1.165) is 82.7 Å². The summed E-state index contributed by atoms with van der Waals surface area (Å²) < 4.78 is 5.47. The Morgan fingerprint density at radius 1 is 1.14 bits per heavy atom. The number of ether oxygens (including phenoxy) is 1. The Labute approximate surface area is 257 Å². The summed E-state index contributed by atoms with van der Waals surface area (Å²) in [5.74, 6) is 0.995. The monoisotopic (exact) mass is 587 g/mol. The molecular formula is C34H49N7O2. The molecule has 2 aliphatic rings. The van der Waals surface area contributed by atoms with Gasteiger partial charge < -0.3 is 30.7 Å². The SMILES string of the molecule is C/C(=C/C=C\CN1CC(=NCCCN2CCOCC2)Nc2ccc(CN(CCN)c3cc(C)cc(C)c3)cc21)N=CCO. The van der Waals surface area contributed by atoms with Crippen LogP contribution in [0.15, 0.2) is 70.3 Å². The second-order valence-corrected chi connectivity index (χ2v) is 11.3. The molecule has 4 rings (SSSR count). The number of aliphatic imine (C=N–C) groups is 2. The molecule has 0 aliphatic carbocycles. The molecule has 2 aliphatic heterocycles. The maximum atomic E-state index is 8.98. The molecule has 1 fully saturated rings. The van der Waals surface area contributed by atoms with E-state index < -0.39 is 0 Å². The van der Waals surface area contributed by atoms with E-state index in [1.165, 1.54) is 34.3 Å². The number of aryl methyl sites for hydroxylation is 2. The van der Waals surface area contributed by atoms with Gasteiger partial charge in [0.1, 0.15) is 5.84 Å². The third-order valence-corrected chi connectivity index (χ3v) is 7.58. The Morgan fingerprint density at radius 3 is 2.67 bits per heavy atom. The van der Waals surface area contributed by atoms with Gasteiger partial charge in [-0.25, -0.2) is 0 Å². The van der Waals surface area contributed by atoms with Crippen molar-refractivity contribution in [1.29, 1.82) is 0 Å². The molecule has 0 bridgehead atoms. The summed E-state index contributed by atoms with van der Waals surface area (Å²) in [5.41, 5.74) is 14.1. The molecule has 2 aromatic rings. The van der Waals surface area contributed by atoms with Gasteiger partial charge in [-0.2, -0.15) is 0 Å². The second kappa shape index (κ2) is 17.0. The molecule has 0 spiro atoms. The number of hydrogen-bond acceptors (Lipinski definition) is 8. The Morgan fingerprint density at radius 2 is 1.93 bits per heavy atom. The predicted molar refractivity (Wildman–Crippen MR) is 181 cm³/mol. The fourth-order valence-corrected chi connectivity index (χ4v) is 5.52. The van der Waals surface area contributed by atoms with Gasteiger partial charge in [0, 0.05) is 70.0 Å². The van der Waals surface area contributed by atoms with Gasteiger partial charge in [0.15, 0.2) is 0 Å². The molecular weight excluding hydrogens is 538 g/mol. The van der Waals surface area contributed by atoms with Crippen molar-refractivity contribution in [3.63, 3.8) is 0 Å². The van der Waals surface area contributed by atoms with Crippen LogP contribution in [0.25, 0.3) is 0 Å². The first-order valence-corrected chi connectivity index (χ1v) is 15.4. The van der Waals surface area contributed by atoms with Crippen LogP contribution in [0.3, 0.4) is 0 Å². The molecule has 9 heteroatoms. The van der Waals surface area contributed by atoms with E-state index >= 15 is 0 Å². The molecule has 0 atom stereocenters. The minimum Gasteiger partial charge on any atom is -0.391 e. The molecule has 0 radical (unpaired) electrons. The van der Waals surface area contributed by atoms with Crippen LogP contribution in [0.5, 0.6) is 0 Å². The van der Waals surface area contributed by atoms with Crippen LogP contribution in [0.1, 0.15) is 30.0 Å². The molecule has 2 aromatic carbocycles. The predicted octanol–water partition coefficient (Wildman–Crippen LogP) is 4.14. The topological polar surface area (TPSA) is 102 Å². The van der Waals surface area contributed by atoms with E-state index in [1.807, 2.05) is 19.1 Å². The van der Waals surface area contributed by atoms with E-state index in [-0.39, 0.29) is 6.61 Å². The first kappa shape index (κ1) is 32.4. The smallest absolute Gasteiger partial charge is 0.120 e. The number of aliphatic hydroxyl groups excluding tert-OH is 1. The lowest BCUT2D eigenvalue weighted by Gasteiger charge is -2.33.